The molecule has 0 bridgehead atoms. The maximum Gasteiger partial charge on any atom is 0.319 e. The molecule has 0 saturated carbocycles. The van der Waals surface area contributed by atoms with Crippen molar-refractivity contribution in [3.05, 3.63) is 30.2 Å². The molecule has 0 spiro atoms. The third-order valence-electron chi connectivity index (χ3n) is 2.41. The molecular weight excluding hydrogens is 237 g/mol. The molecule has 18 heavy (non-hydrogen) atoms. The van der Waals surface area contributed by atoms with Gasteiger partial charge < -0.3 is 15.2 Å². The van der Waals surface area contributed by atoms with Crippen LogP contribution in [0, 0.1) is 5.82 Å². The topological polar surface area (TPSA) is 70.3 Å². The predicted octanol–water partition coefficient (Wildman–Crippen LogP) is 1.88. The van der Waals surface area contributed by atoms with E-state index in [4.69, 9.17) is 15.2 Å². The van der Waals surface area contributed by atoms with E-state index in [2.05, 4.69) is 9.97 Å². The van der Waals surface area contributed by atoms with E-state index < -0.39 is 5.82 Å². The van der Waals surface area contributed by atoms with E-state index >= 15 is 0 Å². The van der Waals surface area contributed by atoms with Crippen LogP contribution in [-0.4, -0.2) is 24.2 Å². The van der Waals surface area contributed by atoms with Gasteiger partial charge >= 0.3 is 6.01 Å². The first-order valence-electron chi connectivity index (χ1n) is 5.16. The number of methoxy groups -OCH3 is 2. The van der Waals surface area contributed by atoms with E-state index in [-0.39, 0.29) is 11.9 Å². The van der Waals surface area contributed by atoms with Gasteiger partial charge in [-0.05, 0) is 18.2 Å². The number of benzene rings is 1. The zero-order chi connectivity index (χ0) is 13.1. The van der Waals surface area contributed by atoms with Gasteiger partial charge in [-0.25, -0.2) is 9.37 Å². The van der Waals surface area contributed by atoms with Gasteiger partial charge in [0.1, 0.15) is 5.82 Å². The SMILES string of the molecule is COc1ncc(-c2cc(F)ccc2N)c(OC)n1. The summed E-state index contributed by atoms with van der Waals surface area (Å²) >= 11 is 0. The molecule has 0 radical (unpaired) electrons. The lowest BCUT2D eigenvalue weighted by Gasteiger charge is -2.10. The molecule has 2 N–H and O–H groups in total. The van der Waals surface area contributed by atoms with Crippen molar-refractivity contribution in [2.45, 2.75) is 0 Å². The Labute approximate surface area is 103 Å². The summed E-state index contributed by atoms with van der Waals surface area (Å²) in [5.74, 6) is -0.115. The van der Waals surface area contributed by atoms with Gasteiger partial charge in [0.05, 0.1) is 19.8 Å². The van der Waals surface area contributed by atoms with E-state index in [0.717, 1.165) is 0 Å². The fraction of sp³-hybridized carbons (Fsp3) is 0.167. The second-order valence-electron chi connectivity index (χ2n) is 3.51. The number of halogens is 1. The molecule has 6 heteroatoms. The Morgan fingerprint density at radius 1 is 1.17 bits per heavy atom. The fourth-order valence-electron chi connectivity index (χ4n) is 1.55. The number of anilines is 1. The van der Waals surface area contributed by atoms with E-state index in [1.165, 1.54) is 38.6 Å². The Bertz CT molecular complexity index is 575. The van der Waals surface area contributed by atoms with Crippen molar-refractivity contribution in [3.63, 3.8) is 0 Å². The highest BCUT2D eigenvalue weighted by atomic mass is 19.1. The molecule has 0 aliphatic carbocycles. The van der Waals surface area contributed by atoms with Crippen molar-refractivity contribution >= 4 is 5.69 Å². The van der Waals surface area contributed by atoms with E-state index in [0.29, 0.717) is 16.8 Å². The first-order chi connectivity index (χ1) is 8.65. The van der Waals surface area contributed by atoms with Crippen LogP contribution in [0.2, 0.25) is 0 Å². The number of aromatic nitrogens is 2. The predicted molar refractivity (Wildman–Crippen MR) is 64.9 cm³/mol. The Morgan fingerprint density at radius 3 is 2.61 bits per heavy atom. The van der Waals surface area contributed by atoms with E-state index in [1.54, 1.807) is 0 Å². The van der Waals surface area contributed by atoms with Gasteiger partial charge in [0, 0.05) is 17.4 Å². The Morgan fingerprint density at radius 2 is 1.94 bits per heavy atom. The average molecular weight is 249 g/mol. The molecule has 0 aliphatic heterocycles. The van der Waals surface area contributed by atoms with Crippen LogP contribution in [0.15, 0.2) is 24.4 Å². The summed E-state index contributed by atoms with van der Waals surface area (Å²) in [7, 11) is 2.91. The number of rotatable bonds is 3. The van der Waals surface area contributed by atoms with Crippen LogP contribution >= 0.6 is 0 Å². The van der Waals surface area contributed by atoms with Crippen molar-refractivity contribution < 1.29 is 13.9 Å². The number of nitrogens with two attached hydrogens (primary N) is 1. The van der Waals surface area contributed by atoms with E-state index in [1.807, 2.05) is 0 Å². The third kappa shape index (κ3) is 2.17. The minimum absolute atomic E-state index is 0.172. The number of hydrogen-bond acceptors (Lipinski definition) is 5. The Kier molecular flexibility index (Phi) is 3.27. The molecular formula is C12H12FN3O2. The minimum atomic E-state index is -0.392. The number of nitrogen functional groups attached to an aromatic ring is 1. The number of ether oxygens (including phenoxy) is 2. The molecule has 1 aromatic heterocycles. The maximum absolute atomic E-state index is 13.3. The van der Waals surface area contributed by atoms with Gasteiger partial charge in [-0.3, -0.25) is 0 Å². The lowest BCUT2D eigenvalue weighted by molar-refractivity contribution is 0.353. The zero-order valence-corrected chi connectivity index (χ0v) is 9.98. The molecule has 2 rings (SSSR count). The average Bonchev–Trinajstić information content (AvgIpc) is 2.41. The van der Waals surface area contributed by atoms with E-state index in [9.17, 15) is 4.39 Å². The van der Waals surface area contributed by atoms with Crippen LogP contribution < -0.4 is 15.2 Å². The molecule has 0 atom stereocenters. The molecule has 0 saturated heterocycles. The largest absolute Gasteiger partial charge is 0.480 e. The standard InChI is InChI=1S/C12H12FN3O2/c1-17-11-9(6-15-12(16-11)18-2)8-5-7(13)3-4-10(8)14/h3-6H,14H2,1-2H3. The van der Waals surface area contributed by atoms with Gasteiger partial charge in [-0.1, -0.05) is 0 Å². The summed E-state index contributed by atoms with van der Waals surface area (Å²) in [6.45, 7) is 0. The summed E-state index contributed by atoms with van der Waals surface area (Å²) in [4.78, 5) is 7.98. The van der Waals surface area contributed by atoms with Gasteiger partial charge in [-0.2, -0.15) is 4.98 Å². The maximum atomic E-state index is 13.3. The third-order valence-corrected chi connectivity index (χ3v) is 2.41. The van der Waals surface area contributed by atoms with Gasteiger partial charge in [0.2, 0.25) is 5.88 Å². The van der Waals surface area contributed by atoms with Gasteiger partial charge in [-0.15, -0.1) is 0 Å². The highest BCUT2D eigenvalue weighted by Gasteiger charge is 2.13. The molecule has 1 aromatic carbocycles. The Hall–Kier alpha value is -2.37. The number of nitrogens with zero attached hydrogens (tertiary/aromatic N) is 2. The van der Waals surface area contributed by atoms with Crippen molar-refractivity contribution in [2.75, 3.05) is 20.0 Å². The van der Waals surface area contributed by atoms with Crippen molar-refractivity contribution in [3.8, 4) is 23.0 Å². The molecule has 5 nitrogen and oxygen atoms in total. The van der Waals surface area contributed by atoms with Crippen LogP contribution in [0.4, 0.5) is 10.1 Å². The molecule has 0 amide bonds. The second kappa shape index (κ2) is 4.87. The van der Waals surface area contributed by atoms with Crippen molar-refractivity contribution in [1.29, 1.82) is 0 Å². The van der Waals surface area contributed by atoms with Crippen LogP contribution in [-0.2, 0) is 0 Å². The second-order valence-corrected chi connectivity index (χ2v) is 3.51. The highest BCUT2D eigenvalue weighted by Crippen LogP contribution is 2.33. The monoisotopic (exact) mass is 249 g/mol. The fourth-order valence-corrected chi connectivity index (χ4v) is 1.55. The van der Waals surface area contributed by atoms with Crippen LogP contribution in [0.5, 0.6) is 11.9 Å². The smallest absolute Gasteiger partial charge is 0.319 e. The summed E-state index contributed by atoms with van der Waals surface area (Å²) in [6, 6.07) is 4.25. The lowest BCUT2D eigenvalue weighted by atomic mass is 10.1. The van der Waals surface area contributed by atoms with Crippen LogP contribution in [0.3, 0.4) is 0 Å². The summed E-state index contributed by atoms with van der Waals surface area (Å²) in [6.07, 6.45) is 1.48. The number of hydrogen-bond donors (Lipinski definition) is 1. The van der Waals surface area contributed by atoms with Crippen LogP contribution in [0.1, 0.15) is 0 Å². The summed E-state index contributed by atoms with van der Waals surface area (Å²) in [5.41, 5.74) is 7.22. The van der Waals surface area contributed by atoms with Crippen molar-refractivity contribution in [2.24, 2.45) is 0 Å². The van der Waals surface area contributed by atoms with Gasteiger partial charge in [0.15, 0.2) is 0 Å². The van der Waals surface area contributed by atoms with Gasteiger partial charge in [0.25, 0.3) is 0 Å². The molecule has 0 unspecified atom stereocenters. The summed E-state index contributed by atoms with van der Waals surface area (Å²) < 4.78 is 23.3. The molecule has 0 aliphatic rings. The highest BCUT2D eigenvalue weighted by molar-refractivity contribution is 5.78. The normalized spacial score (nSPS) is 10.2. The first kappa shape index (κ1) is 12.1. The quantitative estimate of drug-likeness (QED) is 0.841. The van der Waals surface area contributed by atoms with Crippen molar-refractivity contribution in [1.82, 2.24) is 9.97 Å². The molecule has 0 fully saturated rings. The molecule has 94 valence electrons. The van der Waals surface area contributed by atoms with Crippen LogP contribution in [0.25, 0.3) is 11.1 Å². The molecule has 1 heterocycles. The molecule has 2 aromatic rings. The summed E-state index contributed by atoms with van der Waals surface area (Å²) in [5, 5.41) is 0. The first-order valence-corrected chi connectivity index (χ1v) is 5.16. The minimum Gasteiger partial charge on any atom is -0.480 e. The lowest BCUT2D eigenvalue weighted by Crippen LogP contribution is -1.99. The zero-order valence-electron chi connectivity index (χ0n) is 9.98. The Balaban J connectivity index is 2.59.